The number of likely N-dealkylation sites (tertiary alicyclic amines) is 1. The summed E-state index contributed by atoms with van der Waals surface area (Å²) in [6, 6.07) is 8.60. The van der Waals surface area contributed by atoms with Gasteiger partial charge in [0.25, 0.3) is 0 Å². The highest BCUT2D eigenvalue weighted by Gasteiger charge is 2.66. The molecule has 28 heavy (non-hydrogen) atoms. The second-order valence-corrected chi connectivity index (χ2v) is 8.18. The van der Waals surface area contributed by atoms with E-state index in [4.69, 9.17) is 4.74 Å². The Labute approximate surface area is 162 Å². The molecule has 0 radical (unpaired) electrons. The predicted octanol–water partition coefficient (Wildman–Crippen LogP) is 1.86. The number of Topliss-reactive ketones (excluding diaryl/α,β-unsaturated/α-hetero) is 1. The Morgan fingerprint density at radius 2 is 1.57 bits per heavy atom. The summed E-state index contributed by atoms with van der Waals surface area (Å²) in [7, 11) is 0. The zero-order chi connectivity index (χ0) is 19.4. The van der Waals surface area contributed by atoms with E-state index in [1.807, 2.05) is 0 Å². The molecule has 1 aliphatic heterocycles. The van der Waals surface area contributed by atoms with E-state index in [-0.39, 0.29) is 60.8 Å². The zero-order valence-corrected chi connectivity index (χ0v) is 15.3. The molecule has 3 fully saturated rings. The van der Waals surface area contributed by atoms with E-state index in [2.05, 4.69) is 12.2 Å². The highest BCUT2D eigenvalue weighted by Crippen LogP contribution is 2.65. The van der Waals surface area contributed by atoms with Crippen LogP contribution in [0.1, 0.15) is 23.2 Å². The number of carbonyl (C=O) groups excluding carboxylic acids is 4. The maximum absolute atomic E-state index is 12.8. The second-order valence-electron chi connectivity index (χ2n) is 8.18. The minimum atomic E-state index is -0.580. The Bertz CT molecular complexity index is 855. The maximum atomic E-state index is 12.8. The average Bonchev–Trinajstić information content (AvgIpc) is 3.50. The molecular weight excluding hydrogens is 358 g/mol. The van der Waals surface area contributed by atoms with Crippen LogP contribution >= 0.6 is 0 Å². The van der Waals surface area contributed by atoms with Crippen LogP contribution in [0.4, 0.5) is 0 Å². The van der Waals surface area contributed by atoms with Crippen LogP contribution in [-0.4, -0.2) is 41.6 Å². The number of rotatable bonds is 6. The molecule has 5 aliphatic rings. The number of imide groups is 1. The van der Waals surface area contributed by atoms with Crippen LogP contribution in [0, 0.1) is 35.5 Å². The van der Waals surface area contributed by atoms with Gasteiger partial charge in [0.2, 0.25) is 11.8 Å². The molecule has 6 rings (SSSR count). The van der Waals surface area contributed by atoms with Gasteiger partial charge in [-0.3, -0.25) is 24.1 Å². The van der Waals surface area contributed by atoms with Crippen molar-refractivity contribution < 1.29 is 23.9 Å². The van der Waals surface area contributed by atoms with Crippen LogP contribution in [0.15, 0.2) is 42.5 Å². The van der Waals surface area contributed by atoms with Crippen LogP contribution in [0.5, 0.6) is 0 Å². The van der Waals surface area contributed by atoms with E-state index < -0.39 is 5.97 Å². The number of amides is 2. The standard InChI is InChI=1S/C22H21NO5/c24-17(12-4-2-1-3-5-12)11-28-18(25)8-9-23-21(26)19-13-6-7-14(16-10-15(13)16)20(19)22(23)27/h1-7,13-16,19-20H,8-11H2/t13-,14+,15-,16-,19+,20-/m1/s1. The Balaban J connectivity index is 1.16. The molecule has 6 atom stereocenters. The third-order valence-electron chi connectivity index (χ3n) is 6.75. The van der Waals surface area contributed by atoms with Crippen molar-refractivity contribution in [3.63, 3.8) is 0 Å². The number of hydrogen-bond acceptors (Lipinski definition) is 5. The first kappa shape index (κ1) is 17.3. The van der Waals surface area contributed by atoms with Crippen molar-refractivity contribution in [1.29, 1.82) is 0 Å². The van der Waals surface area contributed by atoms with Gasteiger partial charge in [0, 0.05) is 12.1 Å². The fourth-order valence-corrected chi connectivity index (χ4v) is 5.37. The van der Waals surface area contributed by atoms with Crippen molar-refractivity contribution >= 4 is 23.6 Å². The highest BCUT2D eigenvalue weighted by molar-refractivity contribution is 6.06. The average molecular weight is 379 g/mol. The molecule has 6 nitrogen and oxygen atoms in total. The van der Waals surface area contributed by atoms with Gasteiger partial charge in [-0.1, -0.05) is 42.5 Å². The molecule has 0 aromatic heterocycles. The zero-order valence-electron chi connectivity index (χ0n) is 15.3. The quantitative estimate of drug-likeness (QED) is 0.326. The molecule has 1 saturated heterocycles. The lowest BCUT2D eigenvalue weighted by Crippen LogP contribution is -2.40. The van der Waals surface area contributed by atoms with Gasteiger partial charge >= 0.3 is 5.97 Å². The van der Waals surface area contributed by atoms with Crippen molar-refractivity contribution in [3.8, 4) is 0 Å². The minimum absolute atomic E-state index is 0.0256. The first-order valence-electron chi connectivity index (χ1n) is 9.83. The topological polar surface area (TPSA) is 80.8 Å². The van der Waals surface area contributed by atoms with Crippen molar-refractivity contribution in [2.75, 3.05) is 13.2 Å². The number of ether oxygens (including phenoxy) is 1. The third kappa shape index (κ3) is 2.62. The summed E-state index contributed by atoms with van der Waals surface area (Å²) in [5.74, 6) is -0.180. The van der Waals surface area contributed by atoms with Crippen LogP contribution in [-0.2, 0) is 19.1 Å². The van der Waals surface area contributed by atoms with Crippen molar-refractivity contribution in [3.05, 3.63) is 48.0 Å². The van der Waals surface area contributed by atoms with Crippen molar-refractivity contribution in [2.24, 2.45) is 35.5 Å². The van der Waals surface area contributed by atoms with Crippen LogP contribution in [0.2, 0.25) is 0 Å². The largest absolute Gasteiger partial charge is 0.457 e. The van der Waals surface area contributed by atoms with Gasteiger partial charge in [0.05, 0.1) is 18.3 Å². The lowest BCUT2D eigenvalue weighted by Gasteiger charge is -2.37. The lowest BCUT2D eigenvalue weighted by molar-refractivity contribution is -0.145. The van der Waals surface area contributed by atoms with E-state index in [0.717, 1.165) is 6.42 Å². The Morgan fingerprint density at radius 1 is 0.964 bits per heavy atom. The van der Waals surface area contributed by atoms with Crippen LogP contribution in [0.25, 0.3) is 0 Å². The monoisotopic (exact) mass is 379 g/mol. The number of nitrogens with zero attached hydrogens (tertiary/aromatic N) is 1. The van der Waals surface area contributed by atoms with Gasteiger partial charge in [0.1, 0.15) is 0 Å². The van der Waals surface area contributed by atoms with Gasteiger partial charge in [-0.2, -0.15) is 0 Å². The number of benzene rings is 1. The van der Waals surface area contributed by atoms with Crippen LogP contribution in [0.3, 0.4) is 0 Å². The summed E-state index contributed by atoms with van der Waals surface area (Å²) in [5.41, 5.74) is 0.478. The Kier molecular flexibility index (Phi) is 3.96. The van der Waals surface area contributed by atoms with Gasteiger partial charge in [-0.25, -0.2) is 0 Å². The normalized spacial score (nSPS) is 34.2. The lowest BCUT2D eigenvalue weighted by atomic mass is 9.63. The van der Waals surface area contributed by atoms with Gasteiger partial charge in [-0.05, 0) is 30.1 Å². The summed E-state index contributed by atoms with van der Waals surface area (Å²) in [6.07, 6.45) is 5.28. The van der Waals surface area contributed by atoms with Crippen molar-refractivity contribution in [1.82, 2.24) is 4.90 Å². The molecule has 0 spiro atoms. The highest BCUT2D eigenvalue weighted by atomic mass is 16.5. The SMILES string of the molecule is O=C(CCN1C(=O)[C@@H]2[C@H]3C=C[C@H]([C@H]4C[C@H]34)[C@@H]2C1=O)OCC(=O)c1ccccc1. The van der Waals surface area contributed by atoms with E-state index in [0.29, 0.717) is 17.4 Å². The van der Waals surface area contributed by atoms with Crippen LogP contribution < -0.4 is 0 Å². The summed E-state index contributed by atoms with van der Waals surface area (Å²) in [5, 5.41) is 0. The predicted molar refractivity (Wildman–Crippen MR) is 97.8 cm³/mol. The molecule has 6 heteroatoms. The van der Waals surface area contributed by atoms with Gasteiger partial charge in [0.15, 0.2) is 12.4 Å². The molecule has 1 aromatic rings. The van der Waals surface area contributed by atoms with Gasteiger partial charge in [-0.15, -0.1) is 0 Å². The first-order chi connectivity index (χ1) is 13.6. The molecule has 144 valence electrons. The summed E-state index contributed by atoms with van der Waals surface area (Å²) in [6.45, 7) is -0.314. The maximum Gasteiger partial charge on any atom is 0.308 e. The molecule has 2 amide bonds. The third-order valence-corrected chi connectivity index (χ3v) is 6.75. The van der Waals surface area contributed by atoms with Gasteiger partial charge < -0.3 is 4.74 Å². The van der Waals surface area contributed by atoms with E-state index in [1.165, 1.54) is 4.90 Å². The van der Waals surface area contributed by atoms with E-state index >= 15 is 0 Å². The summed E-state index contributed by atoms with van der Waals surface area (Å²) in [4.78, 5) is 50.9. The minimum Gasteiger partial charge on any atom is -0.457 e. The smallest absolute Gasteiger partial charge is 0.308 e. The number of esters is 1. The molecule has 1 aromatic carbocycles. The summed E-state index contributed by atoms with van der Waals surface area (Å²) >= 11 is 0. The second kappa shape index (κ2) is 6.40. The summed E-state index contributed by atoms with van der Waals surface area (Å²) < 4.78 is 5.04. The molecule has 0 unspecified atom stereocenters. The van der Waals surface area contributed by atoms with E-state index in [1.54, 1.807) is 30.3 Å². The Morgan fingerprint density at radius 3 is 2.18 bits per heavy atom. The van der Waals surface area contributed by atoms with Crippen molar-refractivity contribution in [2.45, 2.75) is 12.8 Å². The molecule has 2 saturated carbocycles. The molecule has 4 aliphatic carbocycles. The molecule has 2 bridgehead atoms. The fraction of sp³-hybridized carbons (Fsp3) is 0.455. The molecule has 1 heterocycles. The van der Waals surface area contributed by atoms with E-state index in [9.17, 15) is 19.2 Å². The number of ketones is 1. The number of allylic oxidation sites excluding steroid dienone is 2. The first-order valence-corrected chi connectivity index (χ1v) is 9.83. The Hall–Kier alpha value is -2.76. The molecule has 0 N–H and O–H groups in total. The number of carbonyl (C=O) groups is 4. The number of hydrogen-bond donors (Lipinski definition) is 0. The fourth-order valence-electron chi connectivity index (χ4n) is 5.37. The molecular formula is C22H21NO5.